The molecule has 2 aromatic carbocycles. The molecular weight excluding hydrogens is 278 g/mol. The molecule has 112 valence electrons. The molecule has 3 heteroatoms. The standard InChI is InChI=1S/C18H23NOS/c1-2-10-19-18(13-21-15-11-20-12-15)17-9-5-7-14-6-3-4-8-16(14)17/h3-9,15,18-19H,2,10-13H2,1H3. The lowest BCUT2D eigenvalue weighted by Gasteiger charge is -2.28. The van der Waals surface area contributed by atoms with Crippen LogP contribution in [0, 0.1) is 0 Å². The Hall–Kier alpha value is -1.03. The number of rotatable bonds is 7. The van der Waals surface area contributed by atoms with E-state index in [4.69, 9.17) is 4.74 Å². The van der Waals surface area contributed by atoms with E-state index in [1.165, 1.54) is 22.8 Å². The van der Waals surface area contributed by atoms with Crippen molar-refractivity contribution >= 4 is 22.5 Å². The van der Waals surface area contributed by atoms with E-state index >= 15 is 0 Å². The second-order valence-electron chi connectivity index (χ2n) is 5.57. The van der Waals surface area contributed by atoms with E-state index < -0.39 is 0 Å². The first kappa shape index (κ1) is 14.9. The van der Waals surface area contributed by atoms with Gasteiger partial charge in [0, 0.05) is 11.8 Å². The molecule has 0 saturated carbocycles. The molecule has 0 radical (unpaired) electrons. The number of thioether (sulfide) groups is 1. The van der Waals surface area contributed by atoms with Gasteiger partial charge < -0.3 is 10.1 Å². The quantitative estimate of drug-likeness (QED) is 0.835. The van der Waals surface area contributed by atoms with Crippen molar-refractivity contribution in [3.05, 3.63) is 48.0 Å². The van der Waals surface area contributed by atoms with Gasteiger partial charge in [-0.15, -0.1) is 0 Å². The highest BCUT2D eigenvalue weighted by Crippen LogP contribution is 2.29. The molecule has 0 spiro atoms. The minimum Gasteiger partial charge on any atom is -0.379 e. The van der Waals surface area contributed by atoms with Gasteiger partial charge in [-0.25, -0.2) is 0 Å². The first-order valence-electron chi connectivity index (χ1n) is 7.79. The Bertz CT molecular complexity index is 577. The fourth-order valence-corrected chi connectivity index (χ4v) is 3.82. The van der Waals surface area contributed by atoms with Gasteiger partial charge in [-0.1, -0.05) is 49.4 Å². The first-order valence-corrected chi connectivity index (χ1v) is 8.83. The molecule has 1 fully saturated rings. The van der Waals surface area contributed by atoms with Gasteiger partial charge in [0.25, 0.3) is 0 Å². The summed E-state index contributed by atoms with van der Waals surface area (Å²) in [7, 11) is 0. The van der Waals surface area contributed by atoms with Crippen LogP contribution in [-0.4, -0.2) is 30.8 Å². The van der Waals surface area contributed by atoms with Gasteiger partial charge in [-0.2, -0.15) is 11.8 Å². The van der Waals surface area contributed by atoms with Crippen molar-refractivity contribution in [2.45, 2.75) is 24.6 Å². The maximum atomic E-state index is 5.28. The summed E-state index contributed by atoms with van der Waals surface area (Å²) in [6.45, 7) is 5.12. The molecule has 0 aromatic heterocycles. The molecule has 1 unspecified atom stereocenters. The monoisotopic (exact) mass is 301 g/mol. The van der Waals surface area contributed by atoms with Gasteiger partial charge in [-0.3, -0.25) is 0 Å². The van der Waals surface area contributed by atoms with Crippen LogP contribution in [0.3, 0.4) is 0 Å². The molecule has 1 N–H and O–H groups in total. The van der Waals surface area contributed by atoms with Crippen LogP contribution in [0.4, 0.5) is 0 Å². The van der Waals surface area contributed by atoms with Crippen molar-refractivity contribution < 1.29 is 4.74 Å². The van der Waals surface area contributed by atoms with Crippen LogP contribution >= 0.6 is 11.8 Å². The highest BCUT2D eigenvalue weighted by Gasteiger charge is 2.21. The van der Waals surface area contributed by atoms with E-state index in [9.17, 15) is 0 Å². The molecule has 1 atom stereocenters. The van der Waals surface area contributed by atoms with Crippen molar-refractivity contribution in [2.24, 2.45) is 0 Å². The number of fused-ring (bicyclic) bond motifs is 1. The van der Waals surface area contributed by atoms with Crippen molar-refractivity contribution in [1.82, 2.24) is 5.32 Å². The van der Waals surface area contributed by atoms with Crippen molar-refractivity contribution in [3.63, 3.8) is 0 Å². The molecule has 21 heavy (non-hydrogen) atoms. The Balaban J connectivity index is 1.81. The average molecular weight is 301 g/mol. The van der Waals surface area contributed by atoms with Crippen LogP contribution in [0.5, 0.6) is 0 Å². The maximum Gasteiger partial charge on any atom is 0.0607 e. The minimum absolute atomic E-state index is 0.418. The molecule has 0 aliphatic carbocycles. The molecule has 0 bridgehead atoms. The number of ether oxygens (including phenoxy) is 1. The van der Waals surface area contributed by atoms with E-state index in [-0.39, 0.29) is 0 Å². The third kappa shape index (κ3) is 3.60. The van der Waals surface area contributed by atoms with Crippen LogP contribution in [0.1, 0.15) is 24.9 Å². The van der Waals surface area contributed by atoms with Gasteiger partial charge in [0.2, 0.25) is 0 Å². The normalized spacial score (nSPS) is 16.8. The van der Waals surface area contributed by atoms with Gasteiger partial charge in [-0.05, 0) is 29.3 Å². The van der Waals surface area contributed by atoms with E-state index in [2.05, 4.69) is 54.7 Å². The zero-order valence-corrected chi connectivity index (χ0v) is 13.4. The first-order chi connectivity index (χ1) is 10.4. The van der Waals surface area contributed by atoms with Crippen LogP contribution < -0.4 is 5.32 Å². The second-order valence-corrected chi connectivity index (χ2v) is 6.90. The predicted octanol–water partition coefficient (Wildman–Crippen LogP) is 4.01. The lowest BCUT2D eigenvalue weighted by atomic mass is 9.99. The summed E-state index contributed by atoms with van der Waals surface area (Å²) < 4.78 is 5.28. The largest absolute Gasteiger partial charge is 0.379 e. The Morgan fingerprint density at radius 1 is 1.19 bits per heavy atom. The number of benzene rings is 2. The molecule has 2 nitrogen and oxygen atoms in total. The Morgan fingerprint density at radius 2 is 2.00 bits per heavy atom. The second kappa shape index (κ2) is 7.30. The van der Waals surface area contributed by atoms with Gasteiger partial charge in [0.15, 0.2) is 0 Å². The summed E-state index contributed by atoms with van der Waals surface area (Å²) in [5.41, 5.74) is 1.43. The van der Waals surface area contributed by atoms with Crippen LogP contribution in [-0.2, 0) is 4.74 Å². The third-order valence-corrected chi connectivity index (χ3v) is 5.21. The Morgan fingerprint density at radius 3 is 2.76 bits per heavy atom. The van der Waals surface area contributed by atoms with E-state index in [1.807, 2.05) is 11.8 Å². The lowest BCUT2D eigenvalue weighted by molar-refractivity contribution is 0.0455. The topological polar surface area (TPSA) is 21.3 Å². The Labute approximate surface area is 131 Å². The van der Waals surface area contributed by atoms with Crippen LogP contribution in [0.25, 0.3) is 10.8 Å². The van der Waals surface area contributed by atoms with Crippen LogP contribution in [0.2, 0.25) is 0 Å². The number of hydrogen-bond donors (Lipinski definition) is 1. The summed E-state index contributed by atoms with van der Waals surface area (Å²) in [6.07, 6.45) is 1.17. The number of hydrogen-bond acceptors (Lipinski definition) is 3. The molecule has 2 aromatic rings. The van der Waals surface area contributed by atoms with Crippen molar-refractivity contribution in [3.8, 4) is 0 Å². The molecule has 1 heterocycles. The SMILES string of the molecule is CCCNC(CSC1COC1)c1cccc2ccccc12. The fourth-order valence-electron chi connectivity index (χ4n) is 2.67. The Kier molecular flexibility index (Phi) is 5.17. The van der Waals surface area contributed by atoms with Gasteiger partial charge >= 0.3 is 0 Å². The van der Waals surface area contributed by atoms with Crippen LogP contribution in [0.15, 0.2) is 42.5 Å². The number of nitrogens with one attached hydrogen (secondary N) is 1. The molecular formula is C18H23NOS. The summed E-state index contributed by atoms with van der Waals surface area (Å²) in [4.78, 5) is 0. The highest BCUT2D eigenvalue weighted by molar-refractivity contribution is 8.00. The van der Waals surface area contributed by atoms with Crippen molar-refractivity contribution in [2.75, 3.05) is 25.5 Å². The maximum absolute atomic E-state index is 5.28. The van der Waals surface area contributed by atoms with Gasteiger partial charge in [0.1, 0.15) is 0 Å². The molecule has 1 aliphatic heterocycles. The summed E-state index contributed by atoms with van der Waals surface area (Å²) >= 11 is 2.04. The molecule has 1 aliphatic rings. The smallest absolute Gasteiger partial charge is 0.0607 e. The van der Waals surface area contributed by atoms with Crippen molar-refractivity contribution in [1.29, 1.82) is 0 Å². The zero-order valence-electron chi connectivity index (χ0n) is 12.5. The minimum atomic E-state index is 0.418. The average Bonchev–Trinajstić information content (AvgIpc) is 2.48. The molecule has 1 saturated heterocycles. The predicted molar refractivity (Wildman–Crippen MR) is 92.0 cm³/mol. The summed E-state index contributed by atoms with van der Waals surface area (Å²) in [6, 6.07) is 15.7. The molecule has 0 amide bonds. The zero-order chi connectivity index (χ0) is 14.5. The van der Waals surface area contributed by atoms with E-state index in [0.29, 0.717) is 11.3 Å². The van der Waals surface area contributed by atoms with E-state index in [1.54, 1.807) is 0 Å². The highest BCUT2D eigenvalue weighted by atomic mass is 32.2. The van der Waals surface area contributed by atoms with E-state index in [0.717, 1.165) is 25.5 Å². The molecule has 3 rings (SSSR count). The summed E-state index contributed by atoms with van der Waals surface area (Å²) in [5.74, 6) is 1.11. The fraction of sp³-hybridized carbons (Fsp3) is 0.444. The lowest BCUT2D eigenvalue weighted by Crippen LogP contribution is -2.33. The summed E-state index contributed by atoms with van der Waals surface area (Å²) in [5, 5.41) is 7.11. The van der Waals surface area contributed by atoms with Gasteiger partial charge in [0.05, 0.1) is 18.5 Å². The third-order valence-electron chi connectivity index (χ3n) is 3.95.